The molecule has 0 N–H and O–H groups in total. The number of ether oxygens (including phenoxy) is 2. The number of methoxy groups -OCH3 is 2. The van der Waals surface area contributed by atoms with Crippen molar-refractivity contribution in [2.24, 2.45) is 0 Å². The Labute approximate surface area is 120 Å². The Balaban J connectivity index is 3.47. The molecule has 102 valence electrons. The lowest BCUT2D eigenvalue weighted by molar-refractivity contribution is 0.352. The first kappa shape index (κ1) is 15.6. The van der Waals surface area contributed by atoms with Crippen LogP contribution in [0.2, 0.25) is 0 Å². The number of hydrogen-bond acceptors (Lipinski definition) is 4. The van der Waals surface area contributed by atoms with Crippen molar-refractivity contribution in [3.05, 3.63) is 21.7 Å². The second-order valence-electron chi connectivity index (χ2n) is 3.60. The van der Waals surface area contributed by atoms with Gasteiger partial charge in [0, 0.05) is 10.7 Å². The van der Waals surface area contributed by atoms with Crippen LogP contribution in [0.4, 0.5) is 0 Å². The van der Waals surface area contributed by atoms with Crippen LogP contribution < -0.4 is 9.47 Å². The molecule has 0 unspecified atom stereocenters. The molecule has 0 bridgehead atoms. The van der Waals surface area contributed by atoms with Crippen molar-refractivity contribution in [1.29, 1.82) is 0 Å². The zero-order valence-electron chi connectivity index (χ0n) is 10.3. The normalized spacial score (nSPS) is 11.4. The average Bonchev–Trinajstić information content (AvgIpc) is 2.26. The molecule has 0 amide bonds. The van der Waals surface area contributed by atoms with Crippen molar-refractivity contribution in [2.75, 3.05) is 14.2 Å². The van der Waals surface area contributed by atoms with Crippen LogP contribution in [-0.4, -0.2) is 22.6 Å². The summed E-state index contributed by atoms with van der Waals surface area (Å²) in [5.74, 6) is 0.776. The fraction of sp³-hybridized carbons (Fsp3) is 0.455. The van der Waals surface area contributed by atoms with Gasteiger partial charge in [0.25, 0.3) is 0 Å². The van der Waals surface area contributed by atoms with Crippen molar-refractivity contribution in [3.63, 3.8) is 0 Å². The van der Waals surface area contributed by atoms with Crippen LogP contribution in [0.15, 0.2) is 10.5 Å². The number of hydrogen-bond donors (Lipinski definition) is 0. The Morgan fingerprint density at radius 1 is 1.33 bits per heavy atom. The second kappa shape index (κ2) is 6.12. The molecule has 0 radical (unpaired) electrons. The Morgan fingerprint density at radius 3 is 2.33 bits per heavy atom. The van der Waals surface area contributed by atoms with E-state index in [1.807, 2.05) is 6.92 Å². The maximum absolute atomic E-state index is 11.2. The maximum Gasteiger partial charge on any atom is 0.236 e. The summed E-state index contributed by atoms with van der Waals surface area (Å²) in [4.78, 5) is 0. The number of rotatable bonds is 5. The van der Waals surface area contributed by atoms with E-state index in [-0.39, 0.29) is 5.75 Å². The van der Waals surface area contributed by atoms with E-state index in [0.717, 1.165) is 5.56 Å². The molecule has 0 heterocycles. The zero-order valence-corrected chi connectivity index (χ0v) is 13.4. The largest absolute Gasteiger partial charge is 0.493 e. The van der Waals surface area contributed by atoms with Gasteiger partial charge >= 0.3 is 0 Å². The van der Waals surface area contributed by atoms with Gasteiger partial charge in [-0.05, 0) is 39.5 Å². The second-order valence-corrected chi connectivity index (χ2v) is 7.17. The lowest BCUT2D eigenvalue weighted by Gasteiger charge is -2.16. The zero-order chi connectivity index (χ0) is 13.9. The number of halogens is 2. The third-order valence-corrected chi connectivity index (χ3v) is 4.31. The molecule has 0 aliphatic carbocycles. The molecule has 7 heteroatoms. The Morgan fingerprint density at radius 2 is 1.94 bits per heavy atom. The third kappa shape index (κ3) is 3.52. The van der Waals surface area contributed by atoms with Gasteiger partial charge in [0.15, 0.2) is 11.5 Å². The molecule has 1 aromatic rings. The van der Waals surface area contributed by atoms with Gasteiger partial charge in [-0.15, -0.1) is 0 Å². The topological polar surface area (TPSA) is 52.6 Å². The third-order valence-electron chi connectivity index (χ3n) is 2.49. The standard InChI is InChI=1S/C11H14BrClO4S/c1-4-8-7(6-18(13,14)15)5-9(16-2)11(17-3)10(8)12/h5H,4,6H2,1-3H3. The first-order valence-electron chi connectivity index (χ1n) is 5.18. The summed E-state index contributed by atoms with van der Waals surface area (Å²) in [6.07, 6.45) is 0.655. The summed E-state index contributed by atoms with van der Waals surface area (Å²) >= 11 is 3.41. The van der Waals surface area contributed by atoms with Crippen LogP contribution in [0.25, 0.3) is 0 Å². The summed E-state index contributed by atoms with van der Waals surface area (Å²) in [7, 11) is 4.71. The number of benzene rings is 1. The van der Waals surface area contributed by atoms with Gasteiger partial charge in [-0.3, -0.25) is 0 Å². The summed E-state index contributed by atoms with van der Waals surface area (Å²) in [6, 6.07) is 1.64. The Kier molecular flexibility index (Phi) is 5.31. The summed E-state index contributed by atoms with van der Waals surface area (Å²) in [5.41, 5.74) is 1.45. The quantitative estimate of drug-likeness (QED) is 0.760. The minimum absolute atomic E-state index is 0.239. The molecule has 4 nitrogen and oxygen atoms in total. The van der Waals surface area contributed by atoms with Gasteiger partial charge in [0.2, 0.25) is 9.05 Å². The van der Waals surface area contributed by atoms with E-state index in [4.69, 9.17) is 20.2 Å². The van der Waals surface area contributed by atoms with Gasteiger partial charge < -0.3 is 9.47 Å². The van der Waals surface area contributed by atoms with Crippen LogP contribution in [0.1, 0.15) is 18.1 Å². The van der Waals surface area contributed by atoms with E-state index in [2.05, 4.69) is 15.9 Å². The van der Waals surface area contributed by atoms with Crippen LogP contribution in [0, 0.1) is 0 Å². The van der Waals surface area contributed by atoms with E-state index in [0.29, 0.717) is 28.0 Å². The molecule has 0 saturated heterocycles. The lowest BCUT2D eigenvalue weighted by atomic mass is 10.1. The van der Waals surface area contributed by atoms with Crippen molar-refractivity contribution in [3.8, 4) is 11.5 Å². The fourth-order valence-electron chi connectivity index (χ4n) is 1.74. The molecule has 1 aromatic carbocycles. The van der Waals surface area contributed by atoms with Crippen molar-refractivity contribution in [1.82, 2.24) is 0 Å². The summed E-state index contributed by atoms with van der Waals surface area (Å²) < 4.78 is 33.5. The summed E-state index contributed by atoms with van der Waals surface area (Å²) in [6.45, 7) is 1.93. The SMILES string of the molecule is CCc1c(CS(=O)(=O)Cl)cc(OC)c(OC)c1Br. The van der Waals surface area contributed by atoms with Gasteiger partial charge in [-0.25, -0.2) is 8.42 Å². The smallest absolute Gasteiger partial charge is 0.236 e. The van der Waals surface area contributed by atoms with Crippen molar-refractivity contribution >= 4 is 35.7 Å². The molecular weight excluding hydrogens is 344 g/mol. The molecule has 0 aromatic heterocycles. The first-order chi connectivity index (χ1) is 8.34. The molecular formula is C11H14BrClO4S. The van der Waals surface area contributed by atoms with Crippen molar-refractivity contribution in [2.45, 2.75) is 19.1 Å². The monoisotopic (exact) mass is 356 g/mol. The van der Waals surface area contributed by atoms with Crippen molar-refractivity contribution < 1.29 is 17.9 Å². The van der Waals surface area contributed by atoms with E-state index in [1.165, 1.54) is 14.2 Å². The first-order valence-corrected chi connectivity index (χ1v) is 8.45. The molecule has 0 atom stereocenters. The molecule has 0 spiro atoms. The van der Waals surface area contributed by atoms with Crippen LogP contribution >= 0.6 is 26.6 Å². The molecule has 0 aliphatic heterocycles. The Bertz CT molecular complexity index is 542. The van der Waals surface area contributed by atoms with Gasteiger partial charge in [-0.1, -0.05) is 6.92 Å². The highest BCUT2D eigenvalue weighted by atomic mass is 79.9. The minimum atomic E-state index is -3.62. The highest BCUT2D eigenvalue weighted by Crippen LogP contribution is 2.40. The van der Waals surface area contributed by atoms with Gasteiger partial charge in [0.1, 0.15) is 0 Å². The van der Waals surface area contributed by atoms with Crippen LogP contribution in [-0.2, 0) is 21.2 Å². The van der Waals surface area contributed by atoms with E-state index in [9.17, 15) is 8.42 Å². The predicted octanol–water partition coefficient (Wildman–Crippen LogP) is 3.10. The highest BCUT2D eigenvalue weighted by Gasteiger charge is 2.19. The summed E-state index contributed by atoms with van der Waals surface area (Å²) in [5, 5.41) is 0. The predicted molar refractivity (Wildman–Crippen MR) is 75.1 cm³/mol. The van der Waals surface area contributed by atoms with E-state index in [1.54, 1.807) is 6.07 Å². The molecule has 0 fully saturated rings. The molecule has 18 heavy (non-hydrogen) atoms. The van der Waals surface area contributed by atoms with Gasteiger partial charge in [0.05, 0.1) is 24.4 Å². The average molecular weight is 358 g/mol. The van der Waals surface area contributed by atoms with Crippen LogP contribution in [0.5, 0.6) is 11.5 Å². The van der Waals surface area contributed by atoms with Crippen LogP contribution in [0.3, 0.4) is 0 Å². The maximum atomic E-state index is 11.2. The van der Waals surface area contributed by atoms with E-state index < -0.39 is 9.05 Å². The Hall–Kier alpha value is -0.460. The lowest BCUT2D eigenvalue weighted by Crippen LogP contribution is -2.03. The molecule has 1 rings (SSSR count). The minimum Gasteiger partial charge on any atom is -0.493 e. The van der Waals surface area contributed by atoms with Gasteiger partial charge in [-0.2, -0.15) is 0 Å². The molecule has 0 aliphatic rings. The fourth-order valence-corrected chi connectivity index (χ4v) is 3.61. The highest BCUT2D eigenvalue weighted by molar-refractivity contribution is 9.10. The van der Waals surface area contributed by atoms with E-state index >= 15 is 0 Å². The molecule has 0 saturated carbocycles.